The molecule has 2 aliphatic carbocycles. The third-order valence-corrected chi connectivity index (χ3v) is 13.0. The van der Waals surface area contributed by atoms with E-state index in [9.17, 15) is 28.8 Å². The summed E-state index contributed by atoms with van der Waals surface area (Å²) in [4.78, 5) is 86.9. The molecule has 4 N–H and O–H groups in total. The van der Waals surface area contributed by atoms with Gasteiger partial charge in [0.05, 0.1) is 12.0 Å². The average molecular weight is 743 g/mol. The lowest BCUT2D eigenvalue weighted by Gasteiger charge is -2.50. The van der Waals surface area contributed by atoms with Crippen molar-refractivity contribution in [1.82, 2.24) is 31.1 Å². The Morgan fingerprint density at radius 2 is 1.42 bits per heavy atom. The van der Waals surface area contributed by atoms with Crippen LogP contribution >= 0.6 is 0 Å². The van der Waals surface area contributed by atoms with E-state index in [1.807, 2.05) is 55.5 Å². The quantitative estimate of drug-likeness (QED) is 0.197. The highest BCUT2D eigenvalue weighted by molar-refractivity contribution is 6.38. The summed E-state index contributed by atoms with van der Waals surface area (Å²) in [5.41, 5.74) is -2.04. The zero-order valence-corrected chi connectivity index (χ0v) is 34.6. The van der Waals surface area contributed by atoms with Gasteiger partial charge in [-0.05, 0) is 92.5 Å². The predicted octanol–water partition coefficient (Wildman–Crippen LogP) is 3.96. The number of rotatable bonds is 14. The summed E-state index contributed by atoms with van der Waals surface area (Å²) in [6, 6.07) is -3.82. The molecule has 12 heteroatoms. The predicted molar refractivity (Wildman–Crippen MR) is 205 cm³/mol. The fourth-order valence-electron chi connectivity index (χ4n) is 8.47. The Morgan fingerprint density at radius 1 is 0.792 bits per heavy atom. The molecule has 0 bridgehead atoms. The number of amides is 5. The molecule has 4 aliphatic rings. The molecule has 0 unspecified atom stereocenters. The Morgan fingerprint density at radius 3 is 1.92 bits per heavy atom. The Hall–Kier alpha value is -3.02. The molecule has 2 heterocycles. The lowest BCUT2D eigenvalue weighted by Crippen LogP contribution is -2.63. The molecule has 0 spiro atoms. The van der Waals surface area contributed by atoms with Crippen molar-refractivity contribution in [3.05, 3.63) is 0 Å². The molecule has 6 atom stereocenters. The molecule has 300 valence electrons. The van der Waals surface area contributed by atoms with Gasteiger partial charge in [0.1, 0.15) is 18.1 Å². The minimum atomic E-state index is -1.01. The van der Waals surface area contributed by atoms with Crippen LogP contribution in [0, 0.1) is 33.5 Å². The van der Waals surface area contributed by atoms with Crippen LogP contribution in [0.1, 0.15) is 133 Å². The molecule has 0 aromatic heterocycles. The molecule has 4 fully saturated rings. The van der Waals surface area contributed by atoms with Crippen LogP contribution < -0.4 is 21.3 Å². The standard InChI is InChI=1S/C41H70N6O6/c1-12-15-28(30(48)35(51)42-27-19-20-27)43-34(50)29-22-41(10,40(8,9)26-17-13-18-26)24-47(29)37(53)32(39(5,6)7)45-36(52)31(38(2,3)4)44-33(49)25-16-14-21-46(11)23-25/h25-29,31-32H,12-24H2,1-11H3,(H,42,51)(H,43,50)(H,44,49)(H,45,52)/t25-,28+,29+,31-,32-,41+/m1/s1. The van der Waals surface area contributed by atoms with Crippen LogP contribution in [0.2, 0.25) is 0 Å². The summed E-state index contributed by atoms with van der Waals surface area (Å²) < 4.78 is 0. The van der Waals surface area contributed by atoms with Gasteiger partial charge in [0.15, 0.2) is 0 Å². The van der Waals surface area contributed by atoms with Crippen molar-refractivity contribution >= 4 is 35.3 Å². The molecule has 0 aromatic carbocycles. The van der Waals surface area contributed by atoms with E-state index in [-0.39, 0.29) is 29.2 Å². The monoisotopic (exact) mass is 743 g/mol. The molecule has 5 amide bonds. The van der Waals surface area contributed by atoms with Crippen LogP contribution in [-0.4, -0.2) is 102 Å². The minimum absolute atomic E-state index is 0.00604. The second-order valence-electron chi connectivity index (χ2n) is 19.8. The lowest BCUT2D eigenvalue weighted by atomic mass is 9.54. The van der Waals surface area contributed by atoms with E-state index in [0.29, 0.717) is 38.3 Å². The summed E-state index contributed by atoms with van der Waals surface area (Å²) in [7, 11) is 1.99. The number of likely N-dealkylation sites (tertiary alicyclic amines) is 2. The zero-order valence-electron chi connectivity index (χ0n) is 34.6. The normalized spacial score (nSPS) is 26.1. The van der Waals surface area contributed by atoms with Crippen molar-refractivity contribution in [3.8, 4) is 0 Å². The Balaban J connectivity index is 1.62. The number of Topliss-reactive ketones (excluding diaryl/α,β-unsaturated/α-hetero) is 1. The van der Waals surface area contributed by atoms with E-state index < -0.39 is 63.9 Å². The topological polar surface area (TPSA) is 157 Å². The molecule has 53 heavy (non-hydrogen) atoms. The van der Waals surface area contributed by atoms with Crippen molar-refractivity contribution in [1.29, 1.82) is 0 Å². The smallest absolute Gasteiger partial charge is 0.289 e. The van der Waals surface area contributed by atoms with Crippen LogP contribution in [0.5, 0.6) is 0 Å². The number of piperidine rings is 1. The van der Waals surface area contributed by atoms with Gasteiger partial charge in [-0.15, -0.1) is 0 Å². The highest BCUT2D eigenvalue weighted by Gasteiger charge is 2.57. The van der Waals surface area contributed by atoms with Gasteiger partial charge in [0, 0.05) is 19.1 Å². The lowest BCUT2D eigenvalue weighted by molar-refractivity contribution is -0.146. The van der Waals surface area contributed by atoms with E-state index >= 15 is 0 Å². The summed E-state index contributed by atoms with van der Waals surface area (Å²) in [6.45, 7) is 21.7. The highest BCUT2D eigenvalue weighted by Crippen LogP contribution is 2.57. The number of ketones is 1. The molecular formula is C41H70N6O6. The summed E-state index contributed by atoms with van der Waals surface area (Å²) in [5.74, 6) is -2.59. The van der Waals surface area contributed by atoms with Crippen LogP contribution in [-0.2, 0) is 28.8 Å². The van der Waals surface area contributed by atoms with Gasteiger partial charge in [0.25, 0.3) is 5.91 Å². The SMILES string of the molecule is CCC[C@H](NC(=O)[C@@H]1C[C@](C)(C(C)(C)C2CCC2)CN1C(=O)[C@@H](NC(=O)[C@@H](NC(=O)[C@@H]1CCCN(C)C1)C(C)(C)C)C(C)(C)C)C(=O)C(=O)NC1CC1. The minimum Gasteiger partial charge on any atom is -0.347 e. The second-order valence-corrected chi connectivity index (χ2v) is 19.8. The first kappa shape index (κ1) is 42.7. The Bertz CT molecular complexity index is 1390. The van der Waals surface area contributed by atoms with Gasteiger partial charge in [-0.2, -0.15) is 0 Å². The molecule has 2 saturated carbocycles. The van der Waals surface area contributed by atoms with Gasteiger partial charge >= 0.3 is 0 Å². The number of carbonyl (C=O) groups is 6. The summed E-state index contributed by atoms with van der Waals surface area (Å²) >= 11 is 0. The van der Waals surface area contributed by atoms with E-state index in [1.54, 1.807) is 4.90 Å². The number of hydrogen-bond acceptors (Lipinski definition) is 7. The van der Waals surface area contributed by atoms with Crippen LogP contribution in [0.15, 0.2) is 0 Å². The summed E-state index contributed by atoms with van der Waals surface area (Å²) in [5, 5.41) is 11.7. The molecule has 0 radical (unpaired) electrons. The Kier molecular flexibility index (Phi) is 13.2. The largest absolute Gasteiger partial charge is 0.347 e. The molecule has 2 aliphatic heterocycles. The maximum atomic E-state index is 15.0. The number of nitrogens with one attached hydrogen (secondary N) is 4. The van der Waals surface area contributed by atoms with Crippen molar-refractivity contribution < 1.29 is 28.8 Å². The molecule has 2 saturated heterocycles. The molecule has 0 aromatic rings. The van der Waals surface area contributed by atoms with E-state index in [0.717, 1.165) is 51.5 Å². The maximum absolute atomic E-state index is 15.0. The van der Waals surface area contributed by atoms with E-state index in [2.05, 4.69) is 46.9 Å². The van der Waals surface area contributed by atoms with E-state index in [1.165, 1.54) is 0 Å². The van der Waals surface area contributed by atoms with Gasteiger partial charge in [-0.25, -0.2) is 0 Å². The van der Waals surface area contributed by atoms with Crippen molar-refractivity contribution in [2.75, 3.05) is 26.7 Å². The second kappa shape index (κ2) is 16.4. The number of hydrogen-bond donors (Lipinski definition) is 4. The molecular weight excluding hydrogens is 672 g/mol. The third kappa shape index (κ3) is 10.00. The fraction of sp³-hybridized carbons (Fsp3) is 0.854. The van der Waals surface area contributed by atoms with Crippen molar-refractivity contribution in [2.24, 2.45) is 33.5 Å². The maximum Gasteiger partial charge on any atom is 0.289 e. The molecule has 4 rings (SSSR count). The Labute approximate surface area is 318 Å². The third-order valence-electron chi connectivity index (χ3n) is 13.0. The first-order valence-corrected chi connectivity index (χ1v) is 20.2. The number of nitrogens with zero attached hydrogens (tertiary/aromatic N) is 2. The summed E-state index contributed by atoms with van der Waals surface area (Å²) in [6.07, 6.45) is 7.93. The van der Waals surface area contributed by atoms with Crippen molar-refractivity contribution in [2.45, 2.75) is 164 Å². The van der Waals surface area contributed by atoms with Crippen LogP contribution in [0.25, 0.3) is 0 Å². The first-order chi connectivity index (χ1) is 24.5. The highest BCUT2D eigenvalue weighted by atomic mass is 16.2. The van der Waals surface area contributed by atoms with Gasteiger partial charge < -0.3 is 31.1 Å². The van der Waals surface area contributed by atoms with Gasteiger partial charge in [-0.1, -0.05) is 82.1 Å². The fourth-order valence-corrected chi connectivity index (χ4v) is 8.47. The van der Waals surface area contributed by atoms with Gasteiger partial charge in [-0.3, -0.25) is 28.8 Å². The van der Waals surface area contributed by atoms with Crippen LogP contribution in [0.3, 0.4) is 0 Å². The van der Waals surface area contributed by atoms with Crippen molar-refractivity contribution in [3.63, 3.8) is 0 Å². The van der Waals surface area contributed by atoms with Gasteiger partial charge in [0.2, 0.25) is 29.4 Å². The first-order valence-electron chi connectivity index (χ1n) is 20.2. The average Bonchev–Trinajstić information content (AvgIpc) is 3.76. The zero-order chi connectivity index (χ0) is 39.7. The number of carbonyl (C=O) groups excluding carboxylic acids is 6. The van der Waals surface area contributed by atoms with Crippen LogP contribution in [0.4, 0.5) is 0 Å². The molecule has 12 nitrogen and oxygen atoms in total. The van der Waals surface area contributed by atoms with E-state index in [4.69, 9.17) is 0 Å².